The number of halogens is 3. The summed E-state index contributed by atoms with van der Waals surface area (Å²) in [4.78, 5) is 4.06. The zero-order valence-corrected chi connectivity index (χ0v) is 9.11. The monoisotopic (exact) mass is 254 g/mol. The lowest BCUT2D eigenvalue weighted by molar-refractivity contribution is -0.274. The Morgan fingerprint density at radius 3 is 2.28 bits per heavy atom. The molecule has 1 aromatic carbocycles. The van der Waals surface area contributed by atoms with Gasteiger partial charge in [-0.2, -0.15) is 0 Å². The highest BCUT2D eigenvalue weighted by Gasteiger charge is 2.30. The molecule has 1 heterocycles. The average molecular weight is 254 g/mol. The molecule has 0 spiro atoms. The van der Waals surface area contributed by atoms with E-state index in [4.69, 9.17) is 5.73 Å². The Bertz CT molecular complexity index is 538. The topological polar surface area (TPSA) is 48.1 Å². The van der Waals surface area contributed by atoms with E-state index in [1.165, 1.54) is 24.3 Å². The Morgan fingerprint density at radius 1 is 1.06 bits per heavy atom. The molecule has 18 heavy (non-hydrogen) atoms. The van der Waals surface area contributed by atoms with Crippen LogP contribution in [0.25, 0.3) is 11.3 Å². The normalized spacial score (nSPS) is 11.3. The van der Waals surface area contributed by atoms with Gasteiger partial charge in [0, 0.05) is 11.8 Å². The summed E-state index contributed by atoms with van der Waals surface area (Å²) in [6, 6.07) is 8.73. The van der Waals surface area contributed by atoms with Crippen molar-refractivity contribution in [2.75, 3.05) is 5.73 Å². The van der Waals surface area contributed by atoms with Crippen LogP contribution < -0.4 is 10.5 Å². The molecule has 2 N–H and O–H groups in total. The predicted octanol–water partition coefficient (Wildman–Crippen LogP) is 3.23. The van der Waals surface area contributed by atoms with Crippen LogP contribution in [0.2, 0.25) is 0 Å². The summed E-state index contributed by atoms with van der Waals surface area (Å²) in [6.45, 7) is 0. The highest BCUT2D eigenvalue weighted by molar-refractivity contribution is 5.72. The first-order valence-corrected chi connectivity index (χ1v) is 5.02. The fraction of sp³-hybridized carbons (Fsp3) is 0.0833. The molecule has 0 saturated heterocycles. The third-order valence-electron chi connectivity index (χ3n) is 2.20. The number of anilines is 1. The van der Waals surface area contributed by atoms with Crippen molar-refractivity contribution in [3.63, 3.8) is 0 Å². The maximum Gasteiger partial charge on any atom is 0.573 e. The van der Waals surface area contributed by atoms with Crippen molar-refractivity contribution in [1.29, 1.82) is 0 Å². The van der Waals surface area contributed by atoms with Crippen molar-refractivity contribution >= 4 is 5.69 Å². The van der Waals surface area contributed by atoms with Gasteiger partial charge in [0.15, 0.2) is 0 Å². The molecule has 0 unspecified atom stereocenters. The van der Waals surface area contributed by atoms with Crippen LogP contribution in [0, 0.1) is 0 Å². The third kappa shape index (κ3) is 2.91. The Kier molecular flexibility index (Phi) is 3.10. The second kappa shape index (κ2) is 4.56. The molecular formula is C12H9F3N2O. The van der Waals surface area contributed by atoms with Crippen molar-refractivity contribution < 1.29 is 17.9 Å². The van der Waals surface area contributed by atoms with E-state index in [1.807, 2.05) is 0 Å². The molecule has 2 rings (SSSR count). The van der Waals surface area contributed by atoms with E-state index in [1.54, 1.807) is 18.3 Å². The molecule has 1 aromatic heterocycles. The maximum absolute atomic E-state index is 12.0. The standard InChI is InChI=1S/C12H9F3N2O/c13-12(14,15)18-9-5-3-8(4-6-9)11-10(16)2-1-7-17-11/h1-7H,16H2. The number of ether oxygens (including phenoxy) is 1. The Labute approximate surface area is 101 Å². The first kappa shape index (κ1) is 12.2. The molecule has 0 fully saturated rings. The fourth-order valence-corrected chi connectivity index (χ4v) is 1.47. The lowest BCUT2D eigenvalue weighted by Crippen LogP contribution is -2.16. The summed E-state index contributed by atoms with van der Waals surface area (Å²) in [7, 11) is 0. The van der Waals surface area contributed by atoms with Gasteiger partial charge in [0.1, 0.15) is 5.75 Å². The summed E-state index contributed by atoms with van der Waals surface area (Å²) in [5, 5.41) is 0. The Morgan fingerprint density at radius 2 is 1.72 bits per heavy atom. The van der Waals surface area contributed by atoms with Crippen LogP contribution in [0.1, 0.15) is 0 Å². The number of rotatable bonds is 2. The molecule has 94 valence electrons. The van der Waals surface area contributed by atoms with Crippen LogP contribution in [0.4, 0.5) is 18.9 Å². The van der Waals surface area contributed by atoms with Crippen LogP contribution in [0.3, 0.4) is 0 Å². The van der Waals surface area contributed by atoms with Crippen molar-refractivity contribution in [3.05, 3.63) is 42.6 Å². The Hall–Kier alpha value is -2.24. The maximum atomic E-state index is 12.0. The summed E-state index contributed by atoms with van der Waals surface area (Å²) in [5.41, 5.74) is 7.33. The van der Waals surface area contributed by atoms with E-state index in [2.05, 4.69) is 9.72 Å². The summed E-state index contributed by atoms with van der Waals surface area (Å²) < 4.78 is 39.7. The molecule has 6 heteroatoms. The van der Waals surface area contributed by atoms with E-state index in [0.29, 0.717) is 16.9 Å². The molecule has 2 aromatic rings. The van der Waals surface area contributed by atoms with Crippen LogP contribution in [0.5, 0.6) is 5.75 Å². The third-order valence-corrected chi connectivity index (χ3v) is 2.20. The van der Waals surface area contributed by atoms with Gasteiger partial charge in [-0.1, -0.05) is 0 Å². The van der Waals surface area contributed by atoms with Gasteiger partial charge in [-0.3, -0.25) is 4.98 Å². The van der Waals surface area contributed by atoms with Crippen molar-refractivity contribution in [2.45, 2.75) is 6.36 Å². The lowest BCUT2D eigenvalue weighted by atomic mass is 10.1. The van der Waals surface area contributed by atoms with E-state index in [9.17, 15) is 13.2 Å². The molecule has 3 nitrogen and oxygen atoms in total. The zero-order chi connectivity index (χ0) is 13.2. The highest BCUT2D eigenvalue weighted by Crippen LogP contribution is 2.27. The average Bonchev–Trinajstić information content (AvgIpc) is 2.29. The number of aromatic nitrogens is 1. The largest absolute Gasteiger partial charge is 0.573 e. The van der Waals surface area contributed by atoms with Crippen LogP contribution in [-0.2, 0) is 0 Å². The van der Waals surface area contributed by atoms with Crippen molar-refractivity contribution in [3.8, 4) is 17.0 Å². The second-order valence-electron chi connectivity index (χ2n) is 3.51. The van der Waals surface area contributed by atoms with Crippen LogP contribution in [0.15, 0.2) is 42.6 Å². The first-order valence-electron chi connectivity index (χ1n) is 5.02. The van der Waals surface area contributed by atoms with Crippen molar-refractivity contribution in [1.82, 2.24) is 4.98 Å². The highest BCUT2D eigenvalue weighted by atomic mass is 19.4. The van der Waals surface area contributed by atoms with Gasteiger partial charge in [-0.05, 0) is 36.4 Å². The molecule has 0 amide bonds. The predicted molar refractivity (Wildman–Crippen MR) is 60.8 cm³/mol. The number of benzene rings is 1. The molecule has 0 aliphatic heterocycles. The fourth-order valence-electron chi connectivity index (χ4n) is 1.47. The number of nitrogens with zero attached hydrogens (tertiary/aromatic N) is 1. The molecule has 0 bridgehead atoms. The number of hydrogen-bond donors (Lipinski definition) is 1. The van der Waals surface area contributed by atoms with Gasteiger partial charge < -0.3 is 10.5 Å². The zero-order valence-electron chi connectivity index (χ0n) is 9.11. The molecule has 0 aliphatic carbocycles. The van der Waals surface area contributed by atoms with E-state index < -0.39 is 6.36 Å². The number of nitrogen functional groups attached to an aromatic ring is 1. The quantitative estimate of drug-likeness (QED) is 0.895. The summed E-state index contributed by atoms with van der Waals surface area (Å²) in [5.74, 6) is -0.277. The lowest BCUT2D eigenvalue weighted by Gasteiger charge is -2.09. The number of pyridine rings is 1. The van der Waals surface area contributed by atoms with Crippen LogP contribution in [-0.4, -0.2) is 11.3 Å². The SMILES string of the molecule is Nc1cccnc1-c1ccc(OC(F)(F)F)cc1. The first-order chi connectivity index (χ1) is 8.46. The van der Waals surface area contributed by atoms with Crippen LogP contribution >= 0.6 is 0 Å². The molecule has 0 aliphatic rings. The summed E-state index contributed by atoms with van der Waals surface area (Å²) in [6.07, 6.45) is -3.13. The van der Waals surface area contributed by atoms with Crippen molar-refractivity contribution in [2.24, 2.45) is 0 Å². The van der Waals surface area contributed by atoms with Gasteiger partial charge >= 0.3 is 6.36 Å². The number of nitrogens with two attached hydrogens (primary N) is 1. The minimum atomic E-state index is -4.69. The Balaban J connectivity index is 2.26. The van der Waals surface area contributed by atoms with Gasteiger partial charge in [-0.15, -0.1) is 13.2 Å². The van der Waals surface area contributed by atoms with Gasteiger partial charge in [0.05, 0.1) is 11.4 Å². The number of alkyl halides is 3. The molecular weight excluding hydrogens is 245 g/mol. The van der Waals surface area contributed by atoms with Gasteiger partial charge in [0.25, 0.3) is 0 Å². The van der Waals surface area contributed by atoms with E-state index in [-0.39, 0.29) is 5.75 Å². The number of hydrogen-bond acceptors (Lipinski definition) is 3. The molecule has 0 radical (unpaired) electrons. The minimum absolute atomic E-state index is 0.277. The second-order valence-corrected chi connectivity index (χ2v) is 3.51. The van der Waals surface area contributed by atoms with E-state index in [0.717, 1.165) is 0 Å². The van der Waals surface area contributed by atoms with Gasteiger partial charge in [0.2, 0.25) is 0 Å². The van der Waals surface area contributed by atoms with E-state index >= 15 is 0 Å². The minimum Gasteiger partial charge on any atom is -0.406 e. The smallest absolute Gasteiger partial charge is 0.406 e. The van der Waals surface area contributed by atoms with Gasteiger partial charge in [-0.25, -0.2) is 0 Å². The molecule has 0 atom stereocenters. The summed E-state index contributed by atoms with van der Waals surface area (Å²) >= 11 is 0. The molecule has 0 saturated carbocycles.